The van der Waals surface area contributed by atoms with Gasteiger partial charge in [0.25, 0.3) is 0 Å². The van der Waals surface area contributed by atoms with Gasteiger partial charge in [0.15, 0.2) is 0 Å². The molecule has 2 aliphatic rings. The fourth-order valence-corrected chi connectivity index (χ4v) is 3.48. The van der Waals surface area contributed by atoms with E-state index in [1.54, 1.807) is 0 Å². The van der Waals surface area contributed by atoms with E-state index in [-0.39, 0.29) is 24.8 Å². The molecule has 5 nitrogen and oxygen atoms in total. The molecule has 0 unspecified atom stereocenters. The lowest BCUT2D eigenvalue weighted by molar-refractivity contribution is 0.0536. The number of hydrogen-bond donors (Lipinski definition) is 2. The molecule has 0 spiro atoms. The van der Waals surface area contributed by atoms with Crippen LogP contribution in [-0.2, 0) is 11.3 Å². The van der Waals surface area contributed by atoms with Gasteiger partial charge in [0, 0.05) is 25.2 Å². The van der Waals surface area contributed by atoms with E-state index < -0.39 is 0 Å². The number of nitrogens with one attached hydrogen (secondary N) is 1. The predicted molar refractivity (Wildman–Crippen MR) is 92.6 cm³/mol. The van der Waals surface area contributed by atoms with Crippen LogP contribution in [0.15, 0.2) is 30.3 Å². The van der Waals surface area contributed by atoms with Gasteiger partial charge in [-0.15, -0.1) is 0 Å². The van der Waals surface area contributed by atoms with Crippen LogP contribution in [0.25, 0.3) is 0 Å². The maximum Gasteiger partial charge on any atom is 0.410 e. The molecule has 24 heavy (non-hydrogen) atoms. The largest absolute Gasteiger partial charge is 0.445 e. The summed E-state index contributed by atoms with van der Waals surface area (Å²) in [7, 11) is 0. The van der Waals surface area contributed by atoms with Gasteiger partial charge in [-0.2, -0.15) is 0 Å². The Morgan fingerprint density at radius 3 is 2.75 bits per heavy atom. The molecular formula is C19H28N2O3. The highest BCUT2D eigenvalue weighted by Crippen LogP contribution is 2.26. The molecule has 5 heteroatoms. The molecule has 1 aliphatic carbocycles. The van der Waals surface area contributed by atoms with Gasteiger partial charge in [-0.1, -0.05) is 30.3 Å². The summed E-state index contributed by atoms with van der Waals surface area (Å²) in [6.45, 7) is 1.20. The van der Waals surface area contributed by atoms with E-state index in [0.29, 0.717) is 19.1 Å². The topological polar surface area (TPSA) is 61.8 Å². The number of carbonyl (C=O) groups excluding carboxylic acids is 1. The number of hydrogen-bond acceptors (Lipinski definition) is 4. The van der Waals surface area contributed by atoms with Gasteiger partial charge >= 0.3 is 6.09 Å². The lowest BCUT2D eigenvalue weighted by Gasteiger charge is -2.40. The fourth-order valence-electron chi connectivity index (χ4n) is 3.48. The van der Waals surface area contributed by atoms with Crippen molar-refractivity contribution in [2.75, 3.05) is 13.2 Å². The smallest absolute Gasteiger partial charge is 0.410 e. The molecule has 1 aliphatic heterocycles. The van der Waals surface area contributed by atoms with Crippen molar-refractivity contribution in [3.05, 3.63) is 35.9 Å². The third-order valence-electron chi connectivity index (χ3n) is 4.92. The molecule has 132 valence electrons. The summed E-state index contributed by atoms with van der Waals surface area (Å²) in [5.41, 5.74) is 1.00. The van der Waals surface area contributed by atoms with Crippen LogP contribution in [0.2, 0.25) is 0 Å². The van der Waals surface area contributed by atoms with Crippen molar-refractivity contribution in [1.82, 2.24) is 10.2 Å². The quantitative estimate of drug-likeness (QED) is 0.806. The van der Waals surface area contributed by atoms with Gasteiger partial charge in [0.05, 0.1) is 6.04 Å². The van der Waals surface area contributed by atoms with Crippen LogP contribution in [-0.4, -0.2) is 47.4 Å². The van der Waals surface area contributed by atoms with Crippen molar-refractivity contribution in [3.63, 3.8) is 0 Å². The van der Waals surface area contributed by atoms with Gasteiger partial charge in [-0.25, -0.2) is 4.79 Å². The summed E-state index contributed by atoms with van der Waals surface area (Å²) in [4.78, 5) is 14.5. The fraction of sp³-hybridized carbons (Fsp3) is 0.632. The van der Waals surface area contributed by atoms with Gasteiger partial charge < -0.3 is 20.1 Å². The van der Waals surface area contributed by atoms with Crippen LogP contribution >= 0.6 is 0 Å². The second kappa shape index (κ2) is 8.49. The third kappa shape index (κ3) is 4.71. The van der Waals surface area contributed by atoms with Gasteiger partial charge in [-0.05, 0) is 44.1 Å². The molecule has 1 amide bonds. The zero-order valence-electron chi connectivity index (χ0n) is 14.2. The van der Waals surface area contributed by atoms with Crippen LogP contribution < -0.4 is 5.32 Å². The number of piperidine rings is 1. The number of rotatable bonds is 7. The molecule has 1 heterocycles. The first-order valence-electron chi connectivity index (χ1n) is 9.12. The molecule has 2 N–H and O–H groups in total. The minimum absolute atomic E-state index is 0.120. The summed E-state index contributed by atoms with van der Waals surface area (Å²) < 4.78 is 5.54. The van der Waals surface area contributed by atoms with Crippen LogP contribution in [0.4, 0.5) is 4.79 Å². The Morgan fingerprint density at radius 1 is 1.25 bits per heavy atom. The number of likely N-dealkylation sites (tertiary alicyclic amines) is 1. The van der Waals surface area contributed by atoms with Crippen molar-refractivity contribution < 1.29 is 14.6 Å². The Balaban J connectivity index is 1.60. The standard InChI is InChI=1S/C19H28N2O3/c22-13-11-17(20-16-9-10-16)18-8-4-5-12-21(18)19(23)24-14-15-6-2-1-3-7-15/h1-3,6-7,16-18,20,22H,4-5,8-14H2/t17-,18-/m1/s1. The third-order valence-corrected chi connectivity index (χ3v) is 4.92. The first-order chi connectivity index (χ1) is 11.8. The monoisotopic (exact) mass is 332 g/mol. The van der Waals surface area contributed by atoms with Crippen molar-refractivity contribution >= 4 is 6.09 Å². The summed E-state index contributed by atoms with van der Waals surface area (Å²) >= 11 is 0. The summed E-state index contributed by atoms with van der Waals surface area (Å²) in [5, 5.41) is 13.0. The van der Waals surface area contributed by atoms with Crippen LogP contribution in [0, 0.1) is 0 Å². The van der Waals surface area contributed by atoms with Crippen molar-refractivity contribution in [1.29, 1.82) is 0 Å². The summed E-state index contributed by atoms with van der Waals surface area (Å²) in [6.07, 6.45) is 5.98. The Labute approximate surface area is 144 Å². The number of aliphatic hydroxyl groups excluding tert-OH is 1. The van der Waals surface area contributed by atoms with Crippen LogP contribution in [0.5, 0.6) is 0 Å². The SMILES string of the molecule is O=C(OCc1ccccc1)N1CCCC[C@@H]1[C@@H](CCO)NC1CC1. The van der Waals surface area contributed by atoms with Crippen molar-refractivity contribution in [3.8, 4) is 0 Å². The van der Waals surface area contributed by atoms with E-state index in [9.17, 15) is 9.90 Å². The predicted octanol–water partition coefficient (Wildman–Crippen LogP) is 2.68. The Hall–Kier alpha value is -1.59. The van der Waals surface area contributed by atoms with E-state index >= 15 is 0 Å². The van der Waals surface area contributed by atoms with Gasteiger partial charge in [-0.3, -0.25) is 0 Å². The highest BCUT2D eigenvalue weighted by atomic mass is 16.6. The minimum atomic E-state index is -0.232. The number of benzene rings is 1. The second-order valence-corrected chi connectivity index (χ2v) is 6.86. The number of ether oxygens (including phenoxy) is 1. The summed E-state index contributed by atoms with van der Waals surface area (Å²) in [6, 6.07) is 10.6. The van der Waals surface area contributed by atoms with E-state index in [2.05, 4.69) is 5.32 Å². The average molecular weight is 332 g/mol. The lowest BCUT2D eigenvalue weighted by atomic mass is 9.94. The number of carbonyl (C=O) groups is 1. The first kappa shape index (κ1) is 17.2. The Morgan fingerprint density at radius 2 is 2.04 bits per heavy atom. The molecule has 2 fully saturated rings. The maximum absolute atomic E-state index is 12.6. The van der Waals surface area contributed by atoms with E-state index in [0.717, 1.165) is 31.4 Å². The minimum Gasteiger partial charge on any atom is -0.445 e. The molecule has 3 rings (SSSR count). The molecule has 1 saturated carbocycles. The second-order valence-electron chi connectivity index (χ2n) is 6.86. The first-order valence-corrected chi connectivity index (χ1v) is 9.12. The van der Waals surface area contributed by atoms with Gasteiger partial charge in [0.1, 0.15) is 6.61 Å². The summed E-state index contributed by atoms with van der Waals surface area (Å²) in [5.74, 6) is 0. The van der Waals surface area contributed by atoms with Crippen molar-refractivity contribution in [2.45, 2.75) is 63.3 Å². The maximum atomic E-state index is 12.6. The molecule has 0 radical (unpaired) electrons. The molecule has 1 aromatic rings. The Bertz CT molecular complexity index is 519. The van der Waals surface area contributed by atoms with E-state index in [4.69, 9.17) is 4.74 Å². The molecule has 1 saturated heterocycles. The average Bonchev–Trinajstić information content (AvgIpc) is 3.44. The molecule has 0 aromatic heterocycles. The Kier molecular flexibility index (Phi) is 6.10. The molecule has 1 aromatic carbocycles. The van der Waals surface area contributed by atoms with E-state index in [1.807, 2.05) is 35.2 Å². The highest BCUT2D eigenvalue weighted by molar-refractivity contribution is 5.68. The van der Waals surface area contributed by atoms with Crippen molar-refractivity contribution in [2.24, 2.45) is 0 Å². The molecule has 0 bridgehead atoms. The highest BCUT2D eigenvalue weighted by Gasteiger charge is 2.36. The number of amides is 1. The molecular weight excluding hydrogens is 304 g/mol. The zero-order chi connectivity index (χ0) is 16.8. The normalized spacial score (nSPS) is 22.2. The lowest BCUT2D eigenvalue weighted by Crippen LogP contribution is -2.55. The number of aliphatic hydroxyl groups is 1. The van der Waals surface area contributed by atoms with Crippen LogP contribution in [0.3, 0.4) is 0 Å². The molecule has 2 atom stereocenters. The van der Waals surface area contributed by atoms with E-state index in [1.165, 1.54) is 12.8 Å². The van der Waals surface area contributed by atoms with Crippen LogP contribution in [0.1, 0.15) is 44.1 Å². The zero-order valence-corrected chi connectivity index (χ0v) is 14.2. The number of nitrogens with zero attached hydrogens (tertiary/aromatic N) is 1. The van der Waals surface area contributed by atoms with Gasteiger partial charge in [0.2, 0.25) is 0 Å².